The number of hydrogen-bond donors (Lipinski definition) is 1. The van der Waals surface area contributed by atoms with E-state index in [0.717, 1.165) is 16.3 Å². The number of aromatic nitrogens is 1. The van der Waals surface area contributed by atoms with Crippen molar-refractivity contribution in [1.82, 2.24) is 4.37 Å². The molecule has 2 rings (SSSR count). The second-order valence-electron chi connectivity index (χ2n) is 4.69. The molecule has 0 spiro atoms. The minimum atomic E-state index is 0.111. The van der Waals surface area contributed by atoms with Crippen molar-refractivity contribution in [1.29, 1.82) is 0 Å². The van der Waals surface area contributed by atoms with Gasteiger partial charge in [-0.05, 0) is 44.1 Å². The van der Waals surface area contributed by atoms with Gasteiger partial charge in [0.25, 0.3) is 0 Å². The SMILES string of the molecule is CC(=O)c1c(C)nsc1NC1CCCC1C. The van der Waals surface area contributed by atoms with Crippen LogP contribution in [0.25, 0.3) is 0 Å². The molecule has 0 radical (unpaired) electrons. The van der Waals surface area contributed by atoms with Crippen molar-refractivity contribution in [3.8, 4) is 0 Å². The van der Waals surface area contributed by atoms with Crippen molar-refractivity contribution in [3.05, 3.63) is 11.3 Å². The molecule has 1 saturated carbocycles. The van der Waals surface area contributed by atoms with E-state index in [9.17, 15) is 4.79 Å². The highest BCUT2D eigenvalue weighted by atomic mass is 32.1. The van der Waals surface area contributed by atoms with Crippen LogP contribution >= 0.6 is 11.5 Å². The van der Waals surface area contributed by atoms with Crippen LogP contribution in [0.15, 0.2) is 0 Å². The van der Waals surface area contributed by atoms with Crippen LogP contribution in [0.2, 0.25) is 0 Å². The average Bonchev–Trinajstić information content (AvgIpc) is 2.75. The molecule has 1 fully saturated rings. The van der Waals surface area contributed by atoms with Crippen LogP contribution in [0.5, 0.6) is 0 Å². The van der Waals surface area contributed by atoms with E-state index in [1.54, 1.807) is 6.92 Å². The summed E-state index contributed by atoms with van der Waals surface area (Å²) in [5.74, 6) is 0.807. The molecular formula is C12H18N2OS. The van der Waals surface area contributed by atoms with Gasteiger partial charge in [-0.1, -0.05) is 13.3 Å². The molecule has 0 bridgehead atoms. The Morgan fingerprint density at radius 3 is 2.81 bits per heavy atom. The first-order valence-corrected chi connectivity index (χ1v) is 6.60. The molecule has 3 nitrogen and oxygen atoms in total. The first kappa shape index (κ1) is 11.6. The third kappa shape index (κ3) is 2.12. The molecule has 2 atom stereocenters. The topological polar surface area (TPSA) is 42.0 Å². The summed E-state index contributed by atoms with van der Waals surface area (Å²) in [6.45, 7) is 5.78. The average molecular weight is 238 g/mol. The zero-order chi connectivity index (χ0) is 11.7. The Balaban J connectivity index is 2.18. The Kier molecular flexibility index (Phi) is 3.28. The number of rotatable bonds is 3. The lowest BCUT2D eigenvalue weighted by Crippen LogP contribution is -2.22. The van der Waals surface area contributed by atoms with Crippen LogP contribution in [-0.2, 0) is 0 Å². The van der Waals surface area contributed by atoms with Crippen molar-refractivity contribution in [2.45, 2.75) is 46.1 Å². The summed E-state index contributed by atoms with van der Waals surface area (Å²) in [5.41, 5.74) is 1.63. The molecule has 1 aromatic heterocycles. The molecule has 16 heavy (non-hydrogen) atoms. The molecule has 1 aliphatic rings. The van der Waals surface area contributed by atoms with E-state index in [1.807, 2.05) is 6.92 Å². The second-order valence-corrected chi connectivity index (χ2v) is 5.46. The van der Waals surface area contributed by atoms with Gasteiger partial charge in [-0.2, -0.15) is 4.37 Å². The summed E-state index contributed by atoms with van der Waals surface area (Å²) in [4.78, 5) is 11.5. The molecule has 4 heteroatoms. The third-order valence-electron chi connectivity index (χ3n) is 3.39. The van der Waals surface area contributed by atoms with E-state index >= 15 is 0 Å². The molecule has 1 aromatic rings. The summed E-state index contributed by atoms with van der Waals surface area (Å²) < 4.78 is 4.26. The maximum atomic E-state index is 11.5. The molecule has 1 heterocycles. The number of hydrogen-bond acceptors (Lipinski definition) is 4. The number of anilines is 1. The summed E-state index contributed by atoms with van der Waals surface area (Å²) >= 11 is 1.41. The van der Waals surface area contributed by atoms with Gasteiger partial charge < -0.3 is 5.32 Å². The zero-order valence-corrected chi connectivity index (χ0v) is 10.9. The minimum Gasteiger partial charge on any atom is -0.372 e. The minimum absolute atomic E-state index is 0.111. The largest absolute Gasteiger partial charge is 0.372 e. The van der Waals surface area contributed by atoms with Crippen molar-refractivity contribution in [2.75, 3.05) is 5.32 Å². The Bertz CT molecular complexity index is 400. The van der Waals surface area contributed by atoms with Gasteiger partial charge in [0.1, 0.15) is 5.00 Å². The monoisotopic (exact) mass is 238 g/mol. The van der Waals surface area contributed by atoms with Gasteiger partial charge >= 0.3 is 0 Å². The summed E-state index contributed by atoms with van der Waals surface area (Å²) in [6, 6.07) is 0.512. The van der Waals surface area contributed by atoms with E-state index in [2.05, 4.69) is 16.6 Å². The Labute approximate surface area is 100 Å². The Morgan fingerprint density at radius 2 is 2.25 bits per heavy atom. The molecule has 88 valence electrons. The smallest absolute Gasteiger partial charge is 0.164 e. The first-order chi connectivity index (χ1) is 7.59. The lowest BCUT2D eigenvalue weighted by Gasteiger charge is -2.17. The fraction of sp³-hybridized carbons (Fsp3) is 0.667. The fourth-order valence-electron chi connectivity index (χ4n) is 2.41. The maximum Gasteiger partial charge on any atom is 0.164 e. The second kappa shape index (κ2) is 4.53. The lowest BCUT2D eigenvalue weighted by molar-refractivity contribution is 0.101. The van der Waals surface area contributed by atoms with Gasteiger partial charge in [0.15, 0.2) is 5.78 Å². The van der Waals surface area contributed by atoms with Crippen molar-refractivity contribution >= 4 is 22.3 Å². The number of Topliss-reactive ketones (excluding diaryl/α,β-unsaturated/α-hetero) is 1. The lowest BCUT2D eigenvalue weighted by atomic mass is 10.1. The molecule has 1 aliphatic carbocycles. The molecule has 0 aromatic carbocycles. The molecular weight excluding hydrogens is 220 g/mol. The van der Waals surface area contributed by atoms with E-state index in [0.29, 0.717) is 12.0 Å². The normalized spacial score (nSPS) is 24.7. The van der Waals surface area contributed by atoms with Crippen molar-refractivity contribution in [2.24, 2.45) is 5.92 Å². The predicted octanol–water partition coefficient (Wildman–Crippen LogP) is 3.25. The van der Waals surface area contributed by atoms with Crippen LogP contribution in [0, 0.1) is 12.8 Å². The van der Waals surface area contributed by atoms with Crippen molar-refractivity contribution in [3.63, 3.8) is 0 Å². The van der Waals surface area contributed by atoms with Gasteiger partial charge in [0.2, 0.25) is 0 Å². The van der Waals surface area contributed by atoms with Gasteiger partial charge in [-0.25, -0.2) is 0 Å². The predicted molar refractivity (Wildman–Crippen MR) is 67.3 cm³/mol. The van der Waals surface area contributed by atoms with E-state index in [1.165, 1.54) is 30.8 Å². The van der Waals surface area contributed by atoms with E-state index in [-0.39, 0.29) is 5.78 Å². The third-order valence-corrected chi connectivity index (χ3v) is 4.26. The van der Waals surface area contributed by atoms with Crippen LogP contribution in [-0.4, -0.2) is 16.2 Å². The van der Waals surface area contributed by atoms with Crippen LogP contribution in [0.3, 0.4) is 0 Å². The standard InChI is InChI=1S/C12H18N2OS/c1-7-5-4-6-10(7)13-12-11(9(3)15)8(2)14-16-12/h7,10,13H,4-6H2,1-3H3. The van der Waals surface area contributed by atoms with Crippen molar-refractivity contribution < 1.29 is 4.79 Å². The number of carbonyl (C=O) groups excluding carboxylic acids is 1. The molecule has 1 N–H and O–H groups in total. The number of ketones is 1. The number of aryl methyl sites for hydroxylation is 1. The first-order valence-electron chi connectivity index (χ1n) is 5.83. The van der Waals surface area contributed by atoms with Crippen LogP contribution in [0.1, 0.15) is 49.2 Å². The highest BCUT2D eigenvalue weighted by molar-refractivity contribution is 7.10. The quantitative estimate of drug-likeness (QED) is 0.822. The van der Waals surface area contributed by atoms with Gasteiger partial charge in [0, 0.05) is 6.04 Å². The summed E-state index contributed by atoms with van der Waals surface area (Å²) in [6.07, 6.45) is 3.77. The summed E-state index contributed by atoms with van der Waals surface area (Å²) in [7, 11) is 0. The molecule has 0 amide bonds. The van der Waals surface area contributed by atoms with Gasteiger partial charge in [-0.3, -0.25) is 4.79 Å². The van der Waals surface area contributed by atoms with Gasteiger partial charge in [0.05, 0.1) is 11.3 Å². The highest BCUT2D eigenvalue weighted by Gasteiger charge is 2.25. The number of carbonyl (C=O) groups is 1. The maximum absolute atomic E-state index is 11.5. The van der Waals surface area contributed by atoms with Crippen LogP contribution in [0.4, 0.5) is 5.00 Å². The Morgan fingerprint density at radius 1 is 1.50 bits per heavy atom. The Hall–Kier alpha value is -0.900. The fourth-order valence-corrected chi connectivity index (χ4v) is 3.32. The summed E-state index contributed by atoms with van der Waals surface area (Å²) in [5, 5.41) is 4.46. The number of nitrogens with zero attached hydrogens (tertiary/aromatic N) is 1. The highest BCUT2D eigenvalue weighted by Crippen LogP contribution is 2.32. The van der Waals surface area contributed by atoms with Gasteiger partial charge in [-0.15, -0.1) is 0 Å². The van der Waals surface area contributed by atoms with E-state index in [4.69, 9.17) is 0 Å². The zero-order valence-electron chi connectivity index (χ0n) is 10.0. The molecule has 0 saturated heterocycles. The molecule has 0 aliphatic heterocycles. The van der Waals surface area contributed by atoms with Crippen LogP contribution < -0.4 is 5.32 Å². The molecule has 2 unspecified atom stereocenters. The van der Waals surface area contributed by atoms with E-state index < -0.39 is 0 Å². The number of nitrogens with one attached hydrogen (secondary N) is 1.